The maximum Gasteiger partial charge on any atom is 0.343 e. The minimum absolute atomic E-state index is 0.0633. The van der Waals surface area contributed by atoms with E-state index in [9.17, 15) is 24.0 Å². The number of carbonyl (C=O) groups excluding carboxylic acids is 4. The molecule has 1 N–H and O–H groups in total. The predicted molar refractivity (Wildman–Crippen MR) is 171 cm³/mol. The van der Waals surface area contributed by atoms with Crippen LogP contribution in [0.25, 0.3) is 0 Å². The number of hydrogen-bond donors (Lipinski definition) is 1. The quantitative estimate of drug-likeness (QED) is 0.0423. The van der Waals surface area contributed by atoms with E-state index < -0.39 is 34.4 Å². The number of carboxylic acid groups (broad SMARTS) is 1. The van der Waals surface area contributed by atoms with Gasteiger partial charge in [0.25, 0.3) is 0 Å². The first-order valence-corrected chi connectivity index (χ1v) is 22.2. The Morgan fingerprint density at radius 2 is 1.00 bits per heavy atom. The number of halogens is 10. The first kappa shape index (κ1) is 50.5. The Hall–Kier alpha value is 0.844. The molecule has 0 bridgehead atoms. The summed E-state index contributed by atoms with van der Waals surface area (Å²) >= 11 is 50.6. The molecule has 21 heteroatoms. The second-order valence-electron chi connectivity index (χ2n) is 5.85. The van der Waals surface area contributed by atoms with E-state index in [-0.39, 0.29) is 37.7 Å². The van der Waals surface area contributed by atoms with Gasteiger partial charge < -0.3 is 19.3 Å². The van der Waals surface area contributed by atoms with Gasteiger partial charge in [0.05, 0.1) is 39.5 Å². The minimum atomic E-state index is -2.56. The van der Waals surface area contributed by atoms with Crippen LogP contribution in [0.5, 0.6) is 0 Å². The minimum Gasteiger partial charge on any atom is -0.481 e. The smallest absolute Gasteiger partial charge is 0.343 e. The van der Waals surface area contributed by atoms with Crippen LogP contribution < -0.4 is 0 Å². The summed E-state index contributed by atoms with van der Waals surface area (Å²) in [6.07, 6.45) is 3.74. The van der Waals surface area contributed by atoms with Gasteiger partial charge in [-0.05, 0) is 46.4 Å². The molecule has 0 aliphatic rings. The third kappa shape index (κ3) is 83.3. The van der Waals surface area contributed by atoms with Crippen molar-refractivity contribution < 1.29 is 43.3 Å². The van der Waals surface area contributed by atoms with Crippen molar-refractivity contribution in [1.82, 2.24) is 0 Å². The Labute approximate surface area is 284 Å². The number of aliphatic carboxylic acids is 1. The molecular formula is C19H28Cl10O9Si2. The van der Waals surface area contributed by atoms with Crippen LogP contribution in [0.2, 0.25) is 6.04 Å². The van der Waals surface area contributed by atoms with Crippen LogP contribution in [-0.4, -0.2) is 84.4 Å². The predicted octanol–water partition coefficient (Wildman–Crippen LogP) is 6.76. The maximum atomic E-state index is 10.2. The highest BCUT2D eigenvalue weighted by molar-refractivity contribution is 7.64. The number of carbonyl (C=O) groups is 5. The van der Waals surface area contributed by atoms with Crippen molar-refractivity contribution in [3.05, 3.63) is 25.3 Å². The summed E-state index contributed by atoms with van der Waals surface area (Å²) in [6, 6.07) is -2.12. The largest absolute Gasteiger partial charge is 0.481 e. The molecule has 0 rings (SSSR count). The monoisotopic (exact) mass is 806 g/mol. The lowest BCUT2D eigenvalue weighted by atomic mass is 10.5. The number of rotatable bonds is 17. The molecule has 236 valence electrons. The summed E-state index contributed by atoms with van der Waals surface area (Å²) in [5.74, 6) is -0.834. The molecule has 0 aromatic heterocycles. The van der Waals surface area contributed by atoms with Crippen LogP contribution in [0.3, 0.4) is 0 Å². The molecule has 0 heterocycles. The van der Waals surface area contributed by atoms with Crippen LogP contribution in [-0.2, 0) is 38.2 Å². The van der Waals surface area contributed by atoms with E-state index in [1.54, 1.807) is 12.2 Å². The van der Waals surface area contributed by atoms with Crippen LogP contribution in [0.15, 0.2) is 25.3 Å². The Kier molecular flexibility index (Phi) is 47.8. The lowest BCUT2D eigenvalue weighted by molar-refractivity contribution is -0.138. The van der Waals surface area contributed by atoms with Gasteiger partial charge in [0.1, 0.15) is 0 Å². The van der Waals surface area contributed by atoms with E-state index in [1.807, 2.05) is 0 Å². The van der Waals surface area contributed by atoms with Gasteiger partial charge in [0, 0.05) is 25.5 Å². The van der Waals surface area contributed by atoms with Gasteiger partial charge in [0.15, 0.2) is 0 Å². The first-order chi connectivity index (χ1) is 18.3. The Bertz CT molecular complexity index is 672. The fourth-order valence-corrected chi connectivity index (χ4v) is 2.31. The number of carboxylic acids is 1. The zero-order chi connectivity index (χ0) is 32.6. The molecule has 0 aromatic rings. The molecule has 0 saturated carbocycles. The van der Waals surface area contributed by atoms with Gasteiger partial charge >= 0.3 is 29.2 Å². The van der Waals surface area contributed by atoms with E-state index >= 15 is 0 Å². The van der Waals surface area contributed by atoms with Gasteiger partial charge in [-0.15, -0.1) is 79.6 Å². The Balaban J connectivity index is -0.000000133. The molecular weight excluding hydrogens is 783 g/mol. The van der Waals surface area contributed by atoms with Crippen molar-refractivity contribution in [2.24, 2.45) is 0 Å². The van der Waals surface area contributed by atoms with Crippen LogP contribution in [0.4, 0.5) is 0 Å². The van der Waals surface area contributed by atoms with Crippen molar-refractivity contribution in [1.29, 1.82) is 0 Å². The summed E-state index contributed by atoms with van der Waals surface area (Å²) in [7, 11) is 0. The molecule has 0 unspecified atom stereocenters. The van der Waals surface area contributed by atoms with Crippen molar-refractivity contribution in [2.75, 3.05) is 39.6 Å². The summed E-state index contributed by atoms with van der Waals surface area (Å²) in [5.41, 5.74) is 0. The SMILES string of the molecule is C=CCOCCC(=O)Cl.C=CCOCCC(=O)O.Cl[SiH](Cl)Cl.O=C(Cl)C(=O)Cl.O=C(Cl)CCOCC[Si](Cl)(Cl)Cl. The van der Waals surface area contributed by atoms with Crippen LogP contribution in [0.1, 0.15) is 19.3 Å². The second-order valence-corrected chi connectivity index (χ2v) is 23.1. The van der Waals surface area contributed by atoms with E-state index in [2.05, 4.69) is 36.4 Å². The van der Waals surface area contributed by atoms with E-state index in [0.717, 1.165) is 0 Å². The molecule has 0 fully saturated rings. The molecule has 0 spiro atoms. The zero-order valence-electron chi connectivity index (χ0n) is 20.7. The molecule has 0 aromatic carbocycles. The standard InChI is InChI=1S/C6H9ClO2.C6H10O3.C5H8Cl4O2Si.C2Cl2O2.Cl3HSi/c2*1-2-4-9-5-3-6(7)8;6-5(10)1-2-11-3-4-12(7,8)9;3-1(5)2(4)6;1-4(2)3/h2H,1,3-5H2;2H,1,3-5H2,(H,7,8);1-4H2;;4H. The highest BCUT2D eigenvalue weighted by atomic mass is 35.8. The van der Waals surface area contributed by atoms with Crippen LogP contribution >= 0.6 is 113 Å². The van der Waals surface area contributed by atoms with Gasteiger partial charge in [-0.1, -0.05) is 12.2 Å². The summed E-state index contributed by atoms with van der Waals surface area (Å²) in [4.78, 5) is 49.0. The number of ether oxygens (including phenoxy) is 3. The van der Waals surface area contributed by atoms with Gasteiger partial charge in [-0.3, -0.25) is 24.0 Å². The van der Waals surface area contributed by atoms with Gasteiger partial charge in [-0.25, -0.2) is 0 Å². The fraction of sp³-hybridized carbons (Fsp3) is 0.526. The van der Waals surface area contributed by atoms with Gasteiger partial charge in [-0.2, -0.15) is 0 Å². The fourth-order valence-electron chi connectivity index (χ4n) is 1.09. The third-order valence-electron chi connectivity index (χ3n) is 2.50. The van der Waals surface area contributed by atoms with Gasteiger partial charge in [0.2, 0.25) is 10.5 Å². The summed E-state index contributed by atoms with van der Waals surface area (Å²) in [5, 5.41) is 5.05. The molecule has 0 aliphatic carbocycles. The second kappa shape index (κ2) is 37.9. The molecule has 0 amide bonds. The normalized spacial score (nSPS) is 9.57. The highest BCUT2D eigenvalue weighted by Gasteiger charge is 2.24. The average molecular weight is 811 g/mol. The third-order valence-corrected chi connectivity index (χ3v) is 5.79. The molecule has 0 aliphatic heterocycles. The topological polar surface area (TPSA) is 133 Å². The summed E-state index contributed by atoms with van der Waals surface area (Å²) < 4.78 is 14.7. The molecule has 40 heavy (non-hydrogen) atoms. The molecule has 9 nitrogen and oxygen atoms in total. The molecule has 0 atom stereocenters. The number of hydrogen-bond acceptors (Lipinski definition) is 8. The van der Waals surface area contributed by atoms with Crippen molar-refractivity contribution in [3.63, 3.8) is 0 Å². The lowest BCUT2D eigenvalue weighted by Gasteiger charge is -2.06. The lowest BCUT2D eigenvalue weighted by Crippen LogP contribution is -2.13. The average Bonchev–Trinajstić information content (AvgIpc) is 2.79. The Morgan fingerprint density at radius 3 is 1.25 bits per heavy atom. The molecule has 0 saturated heterocycles. The van der Waals surface area contributed by atoms with Crippen molar-refractivity contribution in [3.8, 4) is 0 Å². The Morgan fingerprint density at radius 1 is 0.675 bits per heavy atom. The van der Waals surface area contributed by atoms with Crippen molar-refractivity contribution >= 4 is 153 Å². The van der Waals surface area contributed by atoms with E-state index in [1.165, 1.54) is 0 Å². The maximum absolute atomic E-state index is 10.2. The summed E-state index contributed by atoms with van der Waals surface area (Å²) in [6.45, 7) is 7.32. The van der Waals surface area contributed by atoms with E-state index in [4.69, 9.17) is 109 Å². The highest BCUT2D eigenvalue weighted by Crippen LogP contribution is 2.24. The zero-order valence-corrected chi connectivity index (χ0v) is 30.4. The van der Waals surface area contributed by atoms with Crippen molar-refractivity contribution in [2.45, 2.75) is 25.3 Å². The first-order valence-electron chi connectivity index (χ1n) is 10.3. The van der Waals surface area contributed by atoms with E-state index in [0.29, 0.717) is 32.5 Å². The van der Waals surface area contributed by atoms with Crippen LogP contribution in [0, 0.1) is 0 Å². The molecule has 0 radical (unpaired) electrons.